The molecule has 12 aromatic rings. The van der Waals surface area contributed by atoms with E-state index >= 15 is 0 Å². The number of hydrogen-bond acceptors (Lipinski definition) is 5. The summed E-state index contributed by atoms with van der Waals surface area (Å²) >= 11 is 7.39. The number of benzene rings is 9. The van der Waals surface area contributed by atoms with Crippen LogP contribution < -0.4 is 5.59 Å². The number of aryl methyl sites for hydroxylation is 6. The molecule has 0 atom stereocenters. The Bertz CT molecular complexity index is 3980. The van der Waals surface area contributed by atoms with E-state index in [0.29, 0.717) is 0 Å². The third kappa shape index (κ3) is 10.7. The van der Waals surface area contributed by atoms with Crippen LogP contribution in [-0.4, -0.2) is 33.3 Å². The number of rotatable bonds is 6. The highest BCUT2D eigenvalue weighted by atomic mass is 79.9. The van der Waals surface area contributed by atoms with Crippen molar-refractivity contribution in [3.05, 3.63) is 249 Å². The van der Waals surface area contributed by atoms with Gasteiger partial charge in [-0.25, -0.2) is 0 Å². The van der Waals surface area contributed by atoms with Gasteiger partial charge in [-0.1, -0.05) is 152 Å². The molecule has 3 aromatic heterocycles. The summed E-state index contributed by atoms with van der Waals surface area (Å²) in [5.41, 5.74) is 19.3. The molecule has 4 heterocycles. The molecular formula is C73H65BBr2N3O2-. The fourth-order valence-electron chi connectivity index (χ4n) is 11.7. The van der Waals surface area contributed by atoms with E-state index in [0.717, 1.165) is 33.7 Å². The average Bonchev–Trinajstić information content (AvgIpc) is 3.82. The number of pyridine rings is 3. The summed E-state index contributed by atoms with van der Waals surface area (Å²) < 4.78 is 14.6. The largest absolute Gasteiger partial charge is 1.00 e. The van der Waals surface area contributed by atoms with Gasteiger partial charge in [0, 0.05) is 38.7 Å². The van der Waals surface area contributed by atoms with Crippen LogP contribution in [0.1, 0.15) is 62.5 Å². The Hall–Kier alpha value is -7.59. The van der Waals surface area contributed by atoms with Crippen molar-refractivity contribution in [1.29, 1.82) is 0 Å². The fourth-order valence-corrected chi connectivity index (χ4v) is 13.0. The number of aromatic nitrogens is 3. The third-order valence-corrected chi connectivity index (χ3v) is 18.1. The Balaban J connectivity index is 0.000000157. The molecule has 1 aliphatic heterocycles. The minimum Gasteiger partial charge on any atom is -1.00 e. The lowest BCUT2D eigenvalue weighted by Crippen LogP contribution is -2.41. The van der Waals surface area contributed by atoms with Crippen LogP contribution in [0, 0.1) is 41.5 Å². The molecular weight excluding hydrogens is 1120 g/mol. The van der Waals surface area contributed by atoms with Crippen molar-refractivity contribution in [2.45, 2.75) is 80.4 Å². The van der Waals surface area contributed by atoms with Gasteiger partial charge in [0.15, 0.2) is 0 Å². The Kier molecular flexibility index (Phi) is 15.5. The number of nitrogens with zero attached hydrogens (tertiary/aromatic N) is 3. The SMILES string of the molecule is Brc1c2ccccc2c(Br)c2ccccc12.Cc1cccc(C)c1-c1ccnc(-c2c3ccccc3c(-c3cc(-c4c(C)cccc4C)ccn3)c3ccccc23)c1.Cc1cccc(C)c1-c1ccnc(B2OC(C)(C)C(C)(C)O2)c1.[3H-]. The van der Waals surface area contributed by atoms with Crippen LogP contribution in [0.25, 0.3) is 99.0 Å². The highest BCUT2D eigenvalue weighted by Crippen LogP contribution is 2.45. The number of fused-ring (bicyclic) bond motifs is 4. The molecule has 0 aliphatic carbocycles. The van der Waals surface area contributed by atoms with Crippen molar-refractivity contribution in [2.75, 3.05) is 0 Å². The molecule has 1 saturated heterocycles. The molecule has 5 nitrogen and oxygen atoms in total. The third-order valence-electron chi connectivity index (χ3n) is 16.3. The molecule has 0 unspecified atom stereocenters. The van der Waals surface area contributed by atoms with E-state index in [2.05, 4.69) is 288 Å². The molecule has 0 saturated carbocycles. The maximum absolute atomic E-state index is 6.12. The van der Waals surface area contributed by atoms with E-state index in [-0.39, 0.29) is 12.6 Å². The summed E-state index contributed by atoms with van der Waals surface area (Å²) in [4.78, 5) is 14.4. The lowest BCUT2D eigenvalue weighted by Gasteiger charge is -2.32. The first-order valence-corrected chi connectivity index (χ1v) is 29.2. The molecule has 1 aliphatic rings. The molecule has 0 bridgehead atoms. The molecule has 9 aromatic carbocycles. The minimum absolute atomic E-state index is 0. The maximum Gasteiger partial charge on any atom is 0.514 e. The smallest absolute Gasteiger partial charge is 0.514 e. The van der Waals surface area contributed by atoms with E-state index < -0.39 is 7.12 Å². The zero-order chi connectivity index (χ0) is 56.7. The molecule has 81 heavy (non-hydrogen) atoms. The Morgan fingerprint density at radius 2 is 0.605 bits per heavy atom. The van der Waals surface area contributed by atoms with Crippen LogP contribution in [0.3, 0.4) is 0 Å². The molecule has 13 rings (SSSR count). The van der Waals surface area contributed by atoms with Crippen LogP contribution >= 0.6 is 31.9 Å². The average molecular weight is 1190 g/mol. The fraction of sp³-hybridized carbons (Fsp3) is 0.164. The molecule has 0 N–H and O–H groups in total. The van der Waals surface area contributed by atoms with Crippen molar-refractivity contribution in [3.8, 4) is 55.9 Å². The van der Waals surface area contributed by atoms with Crippen LogP contribution in [0.5, 0.6) is 0 Å². The highest BCUT2D eigenvalue weighted by molar-refractivity contribution is 9.11. The Morgan fingerprint density at radius 1 is 0.333 bits per heavy atom. The van der Waals surface area contributed by atoms with Crippen LogP contribution in [0.15, 0.2) is 216 Å². The molecule has 8 heteroatoms. The maximum atomic E-state index is 6.12. The first-order chi connectivity index (χ1) is 39.0. The molecule has 0 spiro atoms. The lowest BCUT2D eigenvalue weighted by atomic mass is 9.82. The number of halogens is 2. The molecule has 0 amide bonds. The van der Waals surface area contributed by atoms with Gasteiger partial charge in [0.2, 0.25) is 0 Å². The minimum atomic E-state index is -0.427. The quantitative estimate of drug-likeness (QED) is 0.123. The van der Waals surface area contributed by atoms with Gasteiger partial charge in [0.05, 0.1) is 28.2 Å². The highest BCUT2D eigenvalue weighted by Gasteiger charge is 2.52. The second-order valence-electron chi connectivity index (χ2n) is 22.3. The van der Waals surface area contributed by atoms with Crippen molar-refractivity contribution in [1.82, 2.24) is 15.0 Å². The monoisotopic (exact) mass is 1190 g/mol. The summed E-state index contributed by atoms with van der Waals surface area (Å²) in [5.74, 6) is 0. The van der Waals surface area contributed by atoms with E-state index in [9.17, 15) is 0 Å². The predicted octanol–water partition coefficient (Wildman–Crippen LogP) is 20.0. The van der Waals surface area contributed by atoms with Crippen molar-refractivity contribution < 1.29 is 10.7 Å². The second-order valence-corrected chi connectivity index (χ2v) is 23.9. The normalized spacial score (nSPS) is 13.5. The van der Waals surface area contributed by atoms with Gasteiger partial charge in [0.25, 0.3) is 0 Å². The van der Waals surface area contributed by atoms with Crippen LogP contribution in [-0.2, 0) is 9.31 Å². The Morgan fingerprint density at radius 3 is 0.914 bits per heavy atom. The van der Waals surface area contributed by atoms with E-state index in [1.165, 1.54) is 113 Å². The van der Waals surface area contributed by atoms with Gasteiger partial charge in [-0.05, 0) is 247 Å². The summed E-state index contributed by atoms with van der Waals surface area (Å²) in [6.07, 6.45) is 5.73. The van der Waals surface area contributed by atoms with Crippen molar-refractivity contribution >= 4 is 87.7 Å². The topological polar surface area (TPSA) is 57.1 Å². The van der Waals surface area contributed by atoms with Gasteiger partial charge >= 0.3 is 7.12 Å². The first kappa shape index (κ1) is 55.3. The van der Waals surface area contributed by atoms with Gasteiger partial charge in [-0.3, -0.25) is 15.0 Å². The van der Waals surface area contributed by atoms with Gasteiger partial charge in [-0.15, -0.1) is 0 Å². The van der Waals surface area contributed by atoms with Gasteiger partial charge in [0.1, 0.15) is 0 Å². The number of hydrogen-bond donors (Lipinski definition) is 0. The van der Waals surface area contributed by atoms with Crippen molar-refractivity contribution in [3.63, 3.8) is 0 Å². The summed E-state index contributed by atoms with van der Waals surface area (Å²) in [6, 6.07) is 66.4. The van der Waals surface area contributed by atoms with E-state index in [4.69, 9.17) is 19.3 Å². The first-order valence-electron chi connectivity index (χ1n) is 27.6. The van der Waals surface area contributed by atoms with E-state index in [1.807, 2.05) is 24.7 Å². The van der Waals surface area contributed by atoms with Crippen LogP contribution in [0.2, 0.25) is 0 Å². The van der Waals surface area contributed by atoms with Crippen molar-refractivity contribution in [2.24, 2.45) is 0 Å². The summed E-state index contributed by atoms with van der Waals surface area (Å²) in [6.45, 7) is 21.2. The molecule has 1 fully saturated rings. The van der Waals surface area contributed by atoms with Gasteiger partial charge in [-0.2, -0.15) is 0 Å². The molecule has 0 radical (unpaired) electrons. The second kappa shape index (κ2) is 22.7. The zero-order valence-electron chi connectivity index (χ0n) is 48.6. The molecule has 402 valence electrons. The summed E-state index contributed by atoms with van der Waals surface area (Å²) in [7, 11) is -0.427. The lowest BCUT2D eigenvalue weighted by molar-refractivity contribution is 0.00578. The predicted molar refractivity (Wildman–Crippen MR) is 351 cm³/mol. The summed E-state index contributed by atoms with van der Waals surface area (Å²) in [5, 5.41) is 9.68. The van der Waals surface area contributed by atoms with E-state index in [1.54, 1.807) is 0 Å². The zero-order valence-corrected chi connectivity index (χ0v) is 50.8. The van der Waals surface area contributed by atoms with Gasteiger partial charge < -0.3 is 10.7 Å². The standard InChI is InChI=1S/C40H32N2.C19H24BNO2.C14H8Br2.H/c1-25-11-9-12-26(2)37(25)29-19-21-41-35(23-29)39-31-15-5-7-17-33(31)40(34-18-8-6-16-32(34)39)36-24-30(20-22-42-36)38-27(3)13-10-14-28(38)4;1-13-8-7-9-14(2)17(13)15-10-11-21-16(12-15)20-22-18(3,4)19(5,6)23-20;15-13-9-5-1-2-6-10(9)14(16)12-8-4-3-7-11(12)13;/h5-24H,1-4H3;7-12H,1-6H3;1-8H;/q;;;-1/i;;;1+2. The van der Waals surface area contributed by atoms with Crippen LogP contribution in [0.4, 0.5) is 0 Å². The Labute approximate surface area is 495 Å².